The highest BCUT2D eigenvalue weighted by Gasteiger charge is 2.17. The Balaban J connectivity index is 1.75. The first kappa shape index (κ1) is 20.3. The molecule has 28 heavy (non-hydrogen) atoms. The maximum atomic E-state index is 13.5. The van der Waals surface area contributed by atoms with Crippen LogP contribution < -0.4 is 10.1 Å². The quantitative estimate of drug-likeness (QED) is 0.556. The molecular weight excluding hydrogens is 375 g/mol. The van der Waals surface area contributed by atoms with Gasteiger partial charge in [0.2, 0.25) is 0 Å². The molecule has 4 nitrogen and oxygen atoms in total. The lowest BCUT2D eigenvalue weighted by Gasteiger charge is -2.19. The number of hydrogen-bond donors (Lipinski definition) is 1. The summed E-state index contributed by atoms with van der Waals surface area (Å²) in [4.78, 5) is 15.7. The fourth-order valence-electron chi connectivity index (χ4n) is 3.11. The van der Waals surface area contributed by atoms with Crippen molar-refractivity contribution in [3.05, 3.63) is 58.7 Å². The van der Waals surface area contributed by atoms with Crippen molar-refractivity contribution in [3.63, 3.8) is 0 Å². The second kappa shape index (κ2) is 9.17. The summed E-state index contributed by atoms with van der Waals surface area (Å²) < 4.78 is 20.3. The Kier molecular flexibility index (Phi) is 6.65. The number of anilines is 1. The van der Waals surface area contributed by atoms with E-state index in [1.165, 1.54) is 23.5 Å². The lowest BCUT2D eigenvalue weighted by Crippen LogP contribution is -2.28. The number of nitrogens with one attached hydrogen (secondary N) is 1. The van der Waals surface area contributed by atoms with Crippen LogP contribution >= 0.6 is 11.3 Å². The van der Waals surface area contributed by atoms with E-state index in [4.69, 9.17) is 4.74 Å². The van der Waals surface area contributed by atoms with Gasteiger partial charge in [0, 0.05) is 11.2 Å². The Bertz CT molecular complexity index is 966. The van der Waals surface area contributed by atoms with Gasteiger partial charge in [-0.3, -0.25) is 4.79 Å². The van der Waals surface area contributed by atoms with Crippen LogP contribution in [0, 0.1) is 12.7 Å². The molecule has 148 valence electrons. The molecule has 0 saturated carbocycles. The van der Waals surface area contributed by atoms with Crippen LogP contribution in [0.5, 0.6) is 5.75 Å². The molecule has 0 fully saturated rings. The van der Waals surface area contributed by atoms with Crippen LogP contribution in [-0.4, -0.2) is 37.0 Å². The summed E-state index contributed by atoms with van der Waals surface area (Å²) in [6, 6.07) is 12.0. The summed E-state index contributed by atoms with van der Waals surface area (Å²) in [5.41, 5.74) is 1.42. The third-order valence-electron chi connectivity index (χ3n) is 4.80. The van der Waals surface area contributed by atoms with Gasteiger partial charge in [-0.2, -0.15) is 0 Å². The minimum absolute atomic E-state index is 0.209. The molecular formula is C22H25FN2O2S. The predicted molar refractivity (Wildman–Crippen MR) is 114 cm³/mol. The molecule has 0 aliphatic heterocycles. The number of carbonyl (C=O) groups is 1. The number of hydrogen-bond acceptors (Lipinski definition) is 4. The molecule has 0 spiro atoms. The zero-order chi connectivity index (χ0) is 20.1. The molecule has 0 saturated heterocycles. The summed E-state index contributed by atoms with van der Waals surface area (Å²) in [5, 5.41) is 3.73. The highest BCUT2D eigenvalue weighted by Crippen LogP contribution is 2.33. The standard InChI is InChI=1S/C22H25FN2O2S/c1-4-25(5-2)12-13-27-19-9-7-6-8-18(19)24-22(26)21-15(3)17-14-16(23)10-11-20(17)28-21/h6-11,14H,4-5,12-13H2,1-3H3,(H,24,26). The number of likely N-dealkylation sites (N-methyl/N-ethyl adjacent to an activating group) is 1. The van der Waals surface area contributed by atoms with Gasteiger partial charge in [0.25, 0.3) is 5.91 Å². The normalized spacial score (nSPS) is 11.2. The predicted octanol–water partition coefficient (Wildman–Crippen LogP) is 5.32. The molecule has 0 bridgehead atoms. The van der Waals surface area contributed by atoms with E-state index in [2.05, 4.69) is 24.1 Å². The van der Waals surface area contributed by atoms with Gasteiger partial charge >= 0.3 is 0 Å². The van der Waals surface area contributed by atoms with Crippen molar-refractivity contribution in [2.75, 3.05) is 31.6 Å². The number of benzene rings is 2. The highest BCUT2D eigenvalue weighted by atomic mass is 32.1. The molecule has 3 rings (SSSR count). The second-order valence-electron chi connectivity index (χ2n) is 6.52. The molecule has 0 aliphatic rings. The lowest BCUT2D eigenvalue weighted by molar-refractivity contribution is 0.102. The number of aryl methyl sites for hydroxylation is 1. The first-order valence-corrected chi connectivity index (χ1v) is 10.3. The van der Waals surface area contributed by atoms with Gasteiger partial charge in [0.05, 0.1) is 10.6 Å². The Morgan fingerprint density at radius 3 is 2.68 bits per heavy atom. The smallest absolute Gasteiger partial charge is 0.266 e. The molecule has 1 aromatic heterocycles. The van der Waals surface area contributed by atoms with E-state index in [-0.39, 0.29) is 11.7 Å². The Morgan fingerprint density at radius 1 is 1.18 bits per heavy atom. The van der Waals surface area contributed by atoms with Gasteiger partial charge in [-0.25, -0.2) is 4.39 Å². The van der Waals surface area contributed by atoms with Crippen molar-refractivity contribution in [2.45, 2.75) is 20.8 Å². The Labute approximate surface area is 168 Å². The van der Waals surface area contributed by atoms with Crippen molar-refractivity contribution in [1.82, 2.24) is 4.90 Å². The number of para-hydroxylation sites is 2. The third kappa shape index (κ3) is 4.51. The van der Waals surface area contributed by atoms with Crippen LogP contribution in [0.1, 0.15) is 29.1 Å². The lowest BCUT2D eigenvalue weighted by atomic mass is 10.1. The molecule has 0 atom stereocenters. The van der Waals surface area contributed by atoms with Crippen molar-refractivity contribution in [1.29, 1.82) is 0 Å². The largest absolute Gasteiger partial charge is 0.490 e. The van der Waals surface area contributed by atoms with Crippen molar-refractivity contribution in [2.24, 2.45) is 0 Å². The van der Waals surface area contributed by atoms with Crippen molar-refractivity contribution >= 4 is 33.0 Å². The molecule has 1 amide bonds. The molecule has 0 radical (unpaired) electrons. The van der Waals surface area contributed by atoms with Crippen LogP contribution in [0.4, 0.5) is 10.1 Å². The van der Waals surface area contributed by atoms with E-state index in [1.807, 2.05) is 31.2 Å². The maximum Gasteiger partial charge on any atom is 0.266 e. The van der Waals surface area contributed by atoms with Crippen LogP contribution in [-0.2, 0) is 0 Å². The van der Waals surface area contributed by atoms with E-state index in [9.17, 15) is 9.18 Å². The minimum atomic E-state index is -0.299. The van der Waals surface area contributed by atoms with Crippen LogP contribution in [0.2, 0.25) is 0 Å². The molecule has 0 unspecified atom stereocenters. The summed E-state index contributed by atoms with van der Waals surface area (Å²) in [6.45, 7) is 9.42. The van der Waals surface area contributed by atoms with E-state index < -0.39 is 0 Å². The zero-order valence-corrected chi connectivity index (χ0v) is 17.2. The van der Waals surface area contributed by atoms with E-state index in [0.717, 1.165) is 35.3 Å². The fraction of sp³-hybridized carbons (Fsp3) is 0.318. The van der Waals surface area contributed by atoms with Crippen LogP contribution in [0.3, 0.4) is 0 Å². The SMILES string of the molecule is CCN(CC)CCOc1ccccc1NC(=O)c1sc2ccc(F)cc2c1C. The van der Waals surface area contributed by atoms with E-state index in [1.54, 1.807) is 6.07 Å². The average Bonchev–Trinajstić information content (AvgIpc) is 3.02. The maximum absolute atomic E-state index is 13.5. The second-order valence-corrected chi connectivity index (χ2v) is 7.57. The van der Waals surface area contributed by atoms with E-state index >= 15 is 0 Å². The van der Waals surface area contributed by atoms with Crippen molar-refractivity contribution in [3.8, 4) is 5.75 Å². The number of rotatable bonds is 8. The number of halogens is 1. The molecule has 0 aliphatic carbocycles. The molecule has 3 aromatic rings. The monoisotopic (exact) mass is 400 g/mol. The van der Waals surface area contributed by atoms with E-state index in [0.29, 0.717) is 22.9 Å². The highest BCUT2D eigenvalue weighted by molar-refractivity contribution is 7.21. The Hall–Kier alpha value is -2.44. The zero-order valence-electron chi connectivity index (χ0n) is 16.4. The third-order valence-corrected chi connectivity index (χ3v) is 6.07. The fourth-order valence-corrected chi connectivity index (χ4v) is 4.19. The number of fused-ring (bicyclic) bond motifs is 1. The average molecular weight is 401 g/mol. The van der Waals surface area contributed by atoms with Gasteiger partial charge in [-0.15, -0.1) is 11.3 Å². The van der Waals surface area contributed by atoms with Gasteiger partial charge in [0.1, 0.15) is 18.2 Å². The van der Waals surface area contributed by atoms with Crippen LogP contribution in [0.25, 0.3) is 10.1 Å². The first-order chi connectivity index (χ1) is 13.5. The van der Waals surface area contributed by atoms with Crippen molar-refractivity contribution < 1.29 is 13.9 Å². The summed E-state index contributed by atoms with van der Waals surface area (Å²) in [7, 11) is 0. The molecule has 6 heteroatoms. The number of thiophene rings is 1. The van der Waals surface area contributed by atoms with Gasteiger partial charge in [-0.05, 0) is 61.3 Å². The first-order valence-electron chi connectivity index (χ1n) is 9.47. The van der Waals surface area contributed by atoms with Crippen LogP contribution in [0.15, 0.2) is 42.5 Å². The molecule has 2 aromatic carbocycles. The molecule has 1 heterocycles. The Morgan fingerprint density at radius 2 is 1.93 bits per heavy atom. The number of ether oxygens (including phenoxy) is 1. The topological polar surface area (TPSA) is 41.6 Å². The van der Waals surface area contributed by atoms with Gasteiger partial charge in [0.15, 0.2) is 0 Å². The number of amides is 1. The number of carbonyl (C=O) groups excluding carboxylic acids is 1. The number of nitrogens with zero attached hydrogens (tertiary/aromatic N) is 1. The van der Waals surface area contributed by atoms with Gasteiger partial charge < -0.3 is 15.0 Å². The van der Waals surface area contributed by atoms with Gasteiger partial charge in [-0.1, -0.05) is 26.0 Å². The molecule has 1 N–H and O–H groups in total. The summed E-state index contributed by atoms with van der Waals surface area (Å²) in [6.07, 6.45) is 0. The summed E-state index contributed by atoms with van der Waals surface area (Å²) >= 11 is 1.37. The minimum Gasteiger partial charge on any atom is -0.490 e. The summed E-state index contributed by atoms with van der Waals surface area (Å²) in [5.74, 6) is 0.138.